The van der Waals surface area contributed by atoms with Crippen molar-refractivity contribution in [3.63, 3.8) is 0 Å². The Morgan fingerprint density at radius 3 is 2.38 bits per heavy atom. The maximum atomic E-state index is 5.84. The lowest BCUT2D eigenvalue weighted by atomic mass is 9.88. The van der Waals surface area contributed by atoms with Crippen LogP contribution < -0.4 is 4.74 Å². The van der Waals surface area contributed by atoms with Gasteiger partial charge in [0.1, 0.15) is 6.10 Å². The molecule has 0 bridgehead atoms. The van der Waals surface area contributed by atoms with Crippen LogP contribution in [0.3, 0.4) is 0 Å². The Kier molecular flexibility index (Phi) is 5.31. The van der Waals surface area contributed by atoms with Gasteiger partial charge >= 0.3 is 6.01 Å². The van der Waals surface area contributed by atoms with E-state index in [0.29, 0.717) is 11.0 Å². The second-order valence-electron chi connectivity index (χ2n) is 6.31. The molecule has 1 saturated heterocycles. The molecule has 0 radical (unpaired) electrons. The molecule has 1 saturated carbocycles. The third-order valence-electron chi connectivity index (χ3n) is 4.64. The number of nitrogens with zero attached hydrogens (tertiary/aromatic N) is 3. The molecule has 3 rings (SSSR count). The second-order valence-corrected chi connectivity index (χ2v) is 6.74. The van der Waals surface area contributed by atoms with E-state index in [2.05, 4.69) is 14.9 Å². The van der Waals surface area contributed by atoms with Crippen molar-refractivity contribution in [2.75, 3.05) is 19.6 Å². The number of piperidine rings is 1. The molecule has 4 nitrogen and oxygen atoms in total. The van der Waals surface area contributed by atoms with E-state index in [-0.39, 0.29) is 6.10 Å². The van der Waals surface area contributed by atoms with Crippen molar-refractivity contribution in [3.05, 3.63) is 17.4 Å². The highest BCUT2D eigenvalue weighted by Gasteiger charge is 2.24. The number of hydrogen-bond acceptors (Lipinski definition) is 4. The minimum atomic E-state index is 0.244. The topological polar surface area (TPSA) is 38.2 Å². The molecular formula is C16H24ClN3O. The Hall–Kier alpha value is -0.870. The molecule has 1 aromatic heterocycles. The molecule has 1 aliphatic heterocycles. The first kappa shape index (κ1) is 15.0. The average Bonchev–Trinajstić information content (AvgIpc) is 2.53. The zero-order chi connectivity index (χ0) is 14.5. The van der Waals surface area contributed by atoms with Crippen LogP contribution in [-0.4, -0.2) is 40.6 Å². The predicted molar refractivity (Wildman–Crippen MR) is 83.7 cm³/mol. The SMILES string of the molecule is Clc1cnc(OC2CCN(CC3CCCCC3)CC2)nc1. The zero-order valence-corrected chi connectivity index (χ0v) is 13.3. The van der Waals surface area contributed by atoms with E-state index in [9.17, 15) is 0 Å². The molecule has 116 valence electrons. The fourth-order valence-corrected chi connectivity index (χ4v) is 3.55. The van der Waals surface area contributed by atoms with Gasteiger partial charge in [-0.15, -0.1) is 0 Å². The van der Waals surface area contributed by atoms with Gasteiger partial charge in [-0.25, -0.2) is 9.97 Å². The van der Waals surface area contributed by atoms with E-state index in [1.165, 1.54) is 38.6 Å². The molecule has 1 aromatic rings. The van der Waals surface area contributed by atoms with Gasteiger partial charge in [0.05, 0.1) is 17.4 Å². The van der Waals surface area contributed by atoms with Crippen molar-refractivity contribution in [1.82, 2.24) is 14.9 Å². The predicted octanol–water partition coefficient (Wildman–Crippen LogP) is 3.55. The Labute approximate surface area is 131 Å². The molecular weight excluding hydrogens is 286 g/mol. The molecule has 1 aliphatic carbocycles. The second kappa shape index (κ2) is 7.41. The maximum absolute atomic E-state index is 5.84. The third-order valence-corrected chi connectivity index (χ3v) is 4.84. The van der Waals surface area contributed by atoms with E-state index in [0.717, 1.165) is 31.8 Å². The van der Waals surface area contributed by atoms with Gasteiger partial charge in [-0.3, -0.25) is 0 Å². The average molecular weight is 310 g/mol. The van der Waals surface area contributed by atoms with Gasteiger partial charge in [0, 0.05) is 19.6 Å². The summed E-state index contributed by atoms with van der Waals surface area (Å²) in [6, 6.07) is 0.449. The largest absolute Gasteiger partial charge is 0.460 e. The van der Waals surface area contributed by atoms with Crippen molar-refractivity contribution >= 4 is 11.6 Å². The number of halogens is 1. The van der Waals surface area contributed by atoms with Crippen molar-refractivity contribution in [1.29, 1.82) is 0 Å². The minimum absolute atomic E-state index is 0.244. The summed E-state index contributed by atoms with van der Waals surface area (Å²) in [5.74, 6) is 0.927. The van der Waals surface area contributed by atoms with E-state index < -0.39 is 0 Å². The molecule has 0 atom stereocenters. The molecule has 21 heavy (non-hydrogen) atoms. The molecule has 0 spiro atoms. The van der Waals surface area contributed by atoms with Crippen LogP contribution in [0, 0.1) is 5.92 Å². The van der Waals surface area contributed by atoms with Crippen LogP contribution in [0.15, 0.2) is 12.4 Å². The van der Waals surface area contributed by atoms with E-state index in [1.807, 2.05) is 0 Å². The summed E-state index contributed by atoms with van der Waals surface area (Å²) in [6.45, 7) is 3.55. The Balaban J connectivity index is 1.41. The number of aromatic nitrogens is 2. The zero-order valence-electron chi connectivity index (χ0n) is 12.5. The summed E-state index contributed by atoms with van der Waals surface area (Å²) >= 11 is 5.78. The quantitative estimate of drug-likeness (QED) is 0.852. The lowest BCUT2D eigenvalue weighted by molar-refractivity contribution is 0.0800. The summed E-state index contributed by atoms with van der Waals surface area (Å²) in [5, 5.41) is 0.546. The summed E-state index contributed by atoms with van der Waals surface area (Å²) in [7, 11) is 0. The smallest absolute Gasteiger partial charge is 0.316 e. The number of hydrogen-bond donors (Lipinski definition) is 0. The molecule has 0 aromatic carbocycles. The Bertz CT molecular complexity index is 426. The molecule has 2 fully saturated rings. The Morgan fingerprint density at radius 1 is 1.05 bits per heavy atom. The molecule has 0 N–H and O–H groups in total. The van der Waals surface area contributed by atoms with Gasteiger partial charge in [-0.1, -0.05) is 30.9 Å². The van der Waals surface area contributed by atoms with Crippen LogP contribution in [0.25, 0.3) is 0 Å². The number of rotatable bonds is 4. The third kappa shape index (κ3) is 4.55. The van der Waals surface area contributed by atoms with Crippen LogP contribution in [-0.2, 0) is 0 Å². The first-order valence-corrected chi connectivity index (χ1v) is 8.54. The van der Waals surface area contributed by atoms with Crippen LogP contribution >= 0.6 is 11.6 Å². The van der Waals surface area contributed by atoms with Gasteiger partial charge in [0.15, 0.2) is 0 Å². The van der Waals surface area contributed by atoms with Crippen molar-refractivity contribution in [3.8, 4) is 6.01 Å². The standard InChI is InChI=1S/C16H24ClN3O/c17-14-10-18-16(19-11-14)21-15-6-8-20(9-7-15)12-13-4-2-1-3-5-13/h10-11,13,15H,1-9,12H2. The Morgan fingerprint density at radius 2 is 1.71 bits per heavy atom. The fourth-order valence-electron chi connectivity index (χ4n) is 3.45. The van der Waals surface area contributed by atoms with Crippen LogP contribution in [0.2, 0.25) is 5.02 Å². The highest BCUT2D eigenvalue weighted by atomic mass is 35.5. The van der Waals surface area contributed by atoms with E-state index >= 15 is 0 Å². The highest BCUT2D eigenvalue weighted by Crippen LogP contribution is 2.26. The van der Waals surface area contributed by atoms with Crippen LogP contribution in [0.1, 0.15) is 44.9 Å². The normalized spacial score (nSPS) is 22.3. The minimum Gasteiger partial charge on any atom is -0.460 e. The van der Waals surface area contributed by atoms with Crippen LogP contribution in [0.4, 0.5) is 0 Å². The number of ether oxygens (including phenoxy) is 1. The molecule has 0 amide bonds. The summed E-state index contributed by atoms with van der Waals surface area (Å²) in [6.07, 6.45) is 12.7. The lowest BCUT2D eigenvalue weighted by Gasteiger charge is -2.35. The highest BCUT2D eigenvalue weighted by molar-refractivity contribution is 6.30. The maximum Gasteiger partial charge on any atom is 0.316 e. The van der Waals surface area contributed by atoms with Gasteiger partial charge in [0.25, 0.3) is 0 Å². The van der Waals surface area contributed by atoms with E-state index in [4.69, 9.17) is 16.3 Å². The summed E-state index contributed by atoms with van der Waals surface area (Å²) in [4.78, 5) is 10.8. The molecule has 0 unspecified atom stereocenters. The van der Waals surface area contributed by atoms with Gasteiger partial charge < -0.3 is 9.64 Å². The van der Waals surface area contributed by atoms with Crippen molar-refractivity contribution in [2.24, 2.45) is 5.92 Å². The summed E-state index contributed by atoms with van der Waals surface area (Å²) < 4.78 is 5.84. The first-order valence-electron chi connectivity index (χ1n) is 8.16. The molecule has 5 heteroatoms. The van der Waals surface area contributed by atoms with E-state index in [1.54, 1.807) is 12.4 Å². The monoisotopic (exact) mass is 309 g/mol. The molecule has 2 aliphatic rings. The van der Waals surface area contributed by atoms with Gasteiger partial charge in [0.2, 0.25) is 0 Å². The van der Waals surface area contributed by atoms with Gasteiger partial charge in [-0.05, 0) is 31.6 Å². The van der Waals surface area contributed by atoms with Crippen molar-refractivity contribution in [2.45, 2.75) is 51.0 Å². The van der Waals surface area contributed by atoms with Crippen molar-refractivity contribution < 1.29 is 4.74 Å². The first-order chi connectivity index (χ1) is 10.3. The molecule has 2 heterocycles. The number of likely N-dealkylation sites (tertiary alicyclic amines) is 1. The van der Waals surface area contributed by atoms with Crippen LogP contribution in [0.5, 0.6) is 6.01 Å². The van der Waals surface area contributed by atoms with Gasteiger partial charge in [-0.2, -0.15) is 0 Å². The lowest BCUT2D eigenvalue weighted by Crippen LogP contribution is -2.41. The fraction of sp³-hybridized carbons (Fsp3) is 0.750. The summed E-state index contributed by atoms with van der Waals surface area (Å²) in [5.41, 5.74) is 0.